The van der Waals surface area contributed by atoms with Gasteiger partial charge >= 0.3 is 0 Å². The maximum atomic E-state index is 12.3. The fraction of sp³-hybridized carbons (Fsp3) is 0.500. The van der Waals surface area contributed by atoms with Crippen LogP contribution in [-0.2, 0) is 0 Å². The normalized spacial score (nSPS) is 16.8. The van der Waals surface area contributed by atoms with Gasteiger partial charge in [-0.3, -0.25) is 4.79 Å². The molecule has 0 aliphatic heterocycles. The molecule has 17 heavy (non-hydrogen) atoms. The minimum atomic E-state index is 0.226. The Morgan fingerprint density at radius 3 is 2.59 bits per heavy atom. The van der Waals surface area contributed by atoms with Crippen molar-refractivity contribution in [3.8, 4) is 5.75 Å². The van der Waals surface area contributed by atoms with Crippen molar-refractivity contribution in [2.45, 2.75) is 32.1 Å². The van der Waals surface area contributed by atoms with Gasteiger partial charge in [-0.05, 0) is 47.0 Å². The predicted octanol–water partition coefficient (Wildman–Crippen LogP) is 4.22. The molecule has 1 aromatic rings. The molecule has 0 aromatic heterocycles. The van der Waals surface area contributed by atoms with E-state index in [4.69, 9.17) is 4.74 Å². The molecule has 1 aromatic carbocycles. The Morgan fingerprint density at radius 2 is 2.00 bits per heavy atom. The Labute approximate surface area is 110 Å². The van der Waals surface area contributed by atoms with E-state index in [9.17, 15) is 4.79 Å². The first-order valence-corrected chi connectivity index (χ1v) is 6.89. The lowest BCUT2D eigenvalue weighted by Gasteiger charge is -2.20. The maximum absolute atomic E-state index is 12.3. The quantitative estimate of drug-likeness (QED) is 0.781. The molecule has 2 rings (SSSR count). The van der Waals surface area contributed by atoms with Crippen molar-refractivity contribution in [1.29, 1.82) is 0 Å². The van der Waals surface area contributed by atoms with Crippen molar-refractivity contribution in [2.24, 2.45) is 5.92 Å². The molecule has 0 heterocycles. The Bertz CT molecular complexity index is 409. The highest BCUT2D eigenvalue weighted by molar-refractivity contribution is 9.10. The number of rotatable bonds is 3. The highest BCUT2D eigenvalue weighted by Gasteiger charge is 2.22. The molecule has 2 nitrogen and oxygen atoms in total. The monoisotopic (exact) mass is 296 g/mol. The summed E-state index contributed by atoms with van der Waals surface area (Å²) in [4.78, 5) is 12.3. The van der Waals surface area contributed by atoms with Gasteiger partial charge in [0.05, 0.1) is 11.6 Å². The van der Waals surface area contributed by atoms with Gasteiger partial charge in [0.25, 0.3) is 0 Å². The summed E-state index contributed by atoms with van der Waals surface area (Å²) in [6.07, 6.45) is 5.74. The molecule has 0 saturated heterocycles. The maximum Gasteiger partial charge on any atom is 0.165 e. The molecule has 0 bridgehead atoms. The number of benzene rings is 1. The van der Waals surface area contributed by atoms with Gasteiger partial charge in [0.2, 0.25) is 0 Å². The molecule has 1 saturated carbocycles. The van der Waals surface area contributed by atoms with Crippen LogP contribution in [0.1, 0.15) is 42.5 Å². The van der Waals surface area contributed by atoms with E-state index in [-0.39, 0.29) is 11.7 Å². The van der Waals surface area contributed by atoms with E-state index in [2.05, 4.69) is 15.9 Å². The minimum absolute atomic E-state index is 0.226. The summed E-state index contributed by atoms with van der Waals surface area (Å²) in [6, 6.07) is 5.58. The number of hydrogen-bond donors (Lipinski definition) is 0. The molecule has 0 spiro atoms. The van der Waals surface area contributed by atoms with Crippen LogP contribution in [0, 0.1) is 5.92 Å². The number of ketones is 1. The predicted molar refractivity (Wildman–Crippen MR) is 71.6 cm³/mol. The molecule has 1 aliphatic rings. The zero-order valence-corrected chi connectivity index (χ0v) is 11.6. The first kappa shape index (κ1) is 12.6. The Hall–Kier alpha value is -0.830. The average molecular weight is 297 g/mol. The number of ether oxygens (including phenoxy) is 1. The fourth-order valence-electron chi connectivity index (χ4n) is 2.42. The summed E-state index contributed by atoms with van der Waals surface area (Å²) in [5, 5.41) is 0. The van der Waals surface area contributed by atoms with Crippen molar-refractivity contribution >= 4 is 21.7 Å². The molecule has 0 unspecified atom stereocenters. The number of methoxy groups -OCH3 is 1. The van der Waals surface area contributed by atoms with E-state index in [1.165, 1.54) is 19.3 Å². The zero-order valence-electron chi connectivity index (χ0n) is 10.0. The van der Waals surface area contributed by atoms with E-state index in [0.717, 1.165) is 28.6 Å². The topological polar surface area (TPSA) is 26.3 Å². The summed E-state index contributed by atoms with van der Waals surface area (Å²) in [5.74, 6) is 1.28. The molecule has 1 fully saturated rings. The first-order valence-electron chi connectivity index (χ1n) is 6.10. The lowest BCUT2D eigenvalue weighted by Crippen LogP contribution is -2.17. The Kier molecular flexibility index (Phi) is 4.21. The first-order chi connectivity index (χ1) is 8.22. The highest BCUT2D eigenvalue weighted by Crippen LogP contribution is 2.30. The summed E-state index contributed by atoms with van der Waals surface area (Å²) < 4.78 is 6.02. The second kappa shape index (κ2) is 5.67. The molecule has 0 amide bonds. The molecule has 1 aliphatic carbocycles. The van der Waals surface area contributed by atoms with Crippen molar-refractivity contribution < 1.29 is 9.53 Å². The van der Waals surface area contributed by atoms with Crippen molar-refractivity contribution in [1.82, 2.24) is 0 Å². The minimum Gasteiger partial charge on any atom is -0.496 e. The van der Waals surface area contributed by atoms with Gasteiger partial charge in [-0.25, -0.2) is 0 Å². The van der Waals surface area contributed by atoms with Gasteiger partial charge in [-0.2, -0.15) is 0 Å². The lowest BCUT2D eigenvalue weighted by atomic mass is 9.84. The van der Waals surface area contributed by atoms with Crippen LogP contribution in [0.4, 0.5) is 0 Å². The molecular formula is C14H17BrO2. The van der Waals surface area contributed by atoms with Gasteiger partial charge in [0, 0.05) is 11.5 Å². The van der Waals surface area contributed by atoms with Crippen LogP contribution in [0.5, 0.6) is 5.75 Å². The third-order valence-corrected chi connectivity index (χ3v) is 4.03. The van der Waals surface area contributed by atoms with Crippen LogP contribution in [-0.4, -0.2) is 12.9 Å². The smallest absolute Gasteiger partial charge is 0.165 e. The van der Waals surface area contributed by atoms with Crippen molar-refractivity contribution in [3.63, 3.8) is 0 Å². The SMILES string of the molecule is COc1ccc(C(=O)C2CCCCC2)cc1Br. The number of carbonyl (C=O) groups excluding carboxylic acids is 1. The summed E-state index contributed by atoms with van der Waals surface area (Å²) >= 11 is 3.42. The highest BCUT2D eigenvalue weighted by atomic mass is 79.9. The van der Waals surface area contributed by atoms with Crippen LogP contribution >= 0.6 is 15.9 Å². The average Bonchev–Trinajstić information content (AvgIpc) is 2.39. The van der Waals surface area contributed by atoms with Gasteiger partial charge in [0.1, 0.15) is 5.75 Å². The fourth-order valence-corrected chi connectivity index (χ4v) is 2.96. The van der Waals surface area contributed by atoms with E-state index in [0.29, 0.717) is 0 Å². The van der Waals surface area contributed by atoms with Gasteiger partial charge in [0.15, 0.2) is 5.78 Å². The number of halogens is 1. The molecule has 92 valence electrons. The Morgan fingerprint density at radius 1 is 1.29 bits per heavy atom. The number of Topliss-reactive ketones (excluding diaryl/α,β-unsaturated/α-hetero) is 1. The van der Waals surface area contributed by atoms with Gasteiger partial charge < -0.3 is 4.74 Å². The standard InChI is InChI=1S/C14H17BrO2/c1-17-13-8-7-11(9-12(13)15)14(16)10-5-3-2-4-6-10/h7-10H,2-6H2,1H3. The van der Waals surface area contributed by atoms with E-state index >= 15 is 0 Å². The summed E-state index contributed by atoms with van der Waals surface area (Å²) in [7, 11) is 1.63. The van der Waals surface area contributed by atoms with E-state index in [1.54, 1.807) is 7.11 Å². The molecule has 0 N–H and O–H groups in total. The molecule has 0 atom stereocenters. The molecule has 0 radical (unpaired) electrons. The van der Waals surface area contributed by atoms with Gasteiger partial charge in [-0.1, -0.05) is 19.3 Å². The van der Waals surface area contributed by atoms with Crippen LogP contribution in [0.25, 0.3) is 0 Å². The van der Waals surface area contributed by atoms with Crippen LogP contribution in [0.15, 0.2) is 22.7 Å². The third-order valence-electron chi connectivity index (χ3n) is 3.41. The van der Waals surface area contributed by atoms with Crippen LogP contribution in [0.3, 0.4) is 0 Å². The number of hydrogen-bond acceptors (Lipinski definition) is 2. The molecular weight excluding hydrogens is 280 g/mol. The van der Waals surface area contributed by atoms with Crippen LogP contribution in [0.2, 0.25) is 0 Å². The lowest BCUT2D eigenvalue weighted by molar-refractivity contribution is 0.0889. The third kappa shape index (κ3) is 2.89. The van der Waals surface area contributed by atoms with Gasteiger partial charge in [-0.15, -0.1) is 0 Å². The second-order valence-corrected chi connectivity index (χ2v) is 5.40. The molecule has 3 heteroatoms. The van der Waals surface area contributed by atoms with E-state index < -0.39 is 0 Å². The summed E-state index contributed by atoms with van der Waals surface area (Å²) in [6.45, 7) is 0. The largest absolute Gasteiger partial charge is 0.496 e. The van der Waals surface area contributed by atoms with Crippen LogP contribution < -0.4 is 4.74 Å². The van der Waals surface area contributed by atoms with Crippen molar-refractivity contribution in [2.75, 3.05) is 7.11 Å². The second-order valence-electron chi connectivity index (χ2n) is 4.55. The zero-order chi connectivity index (χ0) is 12.3. The summed E-state index contributed by atoms with van der Waals surface area (Å²) in [5.41, 5.74) is 0.796. The number of carbonyl (C=O) groups is 1. The van der Waals surface area contributed by atoms with Crippen molar-refractivity contribution in [3.05, 3.63) is 28.2 Å². The van der Waals surface area contributed by atoms with E-state index in [1.807, 2.05) is 18.2 Å². The Balaban J connectivity index is 2.16.